The SMILES string of the molecule is N=C(N)NCCC[C@H](N)C(=O)OC(=O)CCCC(=O)OC(=O)[C@@H](N)CCCNC(=N)N. The molecule has 31 heavy (non-hydrogen) atoms. The van der Waals surface area contributed by atoms with Crippen LogP contribution < -0.4 is 33.6 Å². The molecule has 14 heteroatoms. The molecule has 0 saturated carbocycles. The first-order chi connectivity index (χ1) is 14.5. The van der Waals surface area contributed by atoms with Crippen LogP contribution in [0.5, 0.6) is 0 Å². The number of ether oxygens (including phenoxy) is 2. The van der Waals surface area contributed by atoms with Gasteiger partial charge in [0.15, 0.2) is 11.9 Å². The molecule has 0 spiro atoms. The van der Waals surface area contributed by atoms with Crippen LogP contribution in [0.1, 0.15) is 44.9 Å². The lowest BCUT2D eigenvalue weighted by Gasteiger charge is -2.11. The molecular weight excluding hydrogens is 412 g/mol. The lowest BCUT2D eigenvalue weighted by atomic mass is 10.1. The number of hydrogen-bond acceptors (Lipinski definition) is 10. The quantitative estimate of drug-likeness (QED) is 0.0453. The Kier molecular flexibility index (Phi) is 13.9. The predicted molar refractivity (Wildman–Crippen MR) is 110 cm³/mol. The molecule has 0 rings (SSSR count). The second-order valence-electron chi connectivity index (χ2n) is 6.62. The van der Waals surface area contributed by atoms with Crippen molar-refractivity contribution in [2.75, 3.05) is 13.1 Å². The summed E-state index contributed by atoms with van der Waals surface area (Å²) in [5.41, 5.74) is 21.5. The van der Waals surface area contributed by atoms with Crippen molar-refractivity contribution in [3.05, 3.63) is 0 Å². The molecule has 0 bridgehead atoms. The van der Waals surface area contributed by atoms with Crippen molar-refractivity contribution in [1.29, 1.82) is 10.8 Å². The third-order valence-electron chi connectivity index (χ3n) is 3.81. The first-order valence-electron chi connectivity index (χ1n) is 9.69. The molecule has 14 nitrogen and oxygen atoms in total. The number of nitrogens with two attached hydrogens (primary N) is 4. The summed E-state index contributed by atoms with van der Waals surface area (Å²) in [6.45, 7) is 0.702. The zero-order valence-electron chi connectivity index (χ0n) is 17.3. The number of rotatable bonds is 14. The number of guanidine groups is 2. The van der Waals surface area contributed by atoms with Crippen LogP contribution in [0.3, 0.4) is 0 Å². The van der Waals surface area contributed by atoms with Crippen LogP contribution in [0.15, 0.2) is 0 Å². The molecule has 0 radical (unpaired) electrons. The Labute approximate surface area is 179 Å². The zero-order valence-corrected chi connectivity index (χ0v) is 17.3. The van der Waals surface area contributed by atoms with Gasteiger partial charge in [-0.25, -0.2) is 9.59 Å². The fraction of sp³-hybridized carbons (Fsp3) is 0.647. The minimum Gasteiger partial charge on any atom is -0.392 e. The van der Waals surface area contributed by atoms with E-state index in [9.17, 15) is 19.2 Å². The maximum absolute atomic E-state index is 11.7. The predicted octanol–water partition coefficient (Wildman–Crippen LogP) is -2.52. The highest BCUT2D eigenvalue weighted by molar-refractivity contribution is 5.89. The molecule has 0 aromatic rings. The molecule has 0 aliphatic heterocycles. The molecule has 176 valence electrons. The summed E-state index contributed by atoms with van der Waals surface area (Å²) in [6, 6.07) is -2.01. The third-order valence-corrected chi connectivity index (χ3v) is 3.81. The van der Waals surface area contributed by atoms with Crippen molar-refractivity contribution < 1.29 is 28.7 Å². The van der Waals surface area contributed by atoms with Gasteiger partial charge in [0.1, 0.15) is 12.1 Å². The van der Waals surface area contributed by atoms with E-state index < -0.39 is 36.0 Å². The number of nitrogens with one attached hydrogen (secondary N) is 4. The van der Waals surface area contributed by atoms with Gasteiger partial charge in [0, 0.05) is 25.9 Å². The van der Waals surface area contributed by atoms with Crippen molar-refractivity contribution in [2.45, 2.75) is 57.0 Å². The van der Waals surface area contributed by atoms with E-state index in [0.29, 0.717) is 25.9 Å². The summed E-state index contributed by atoms with van der Waals surface area (Å²) in [5, 5.41) is 19.1. The molecule has 0 aromatic carbocycles. The topological polar surface area (TPSA) is 263 Å². The van der Waals surface area contributed by atoms with Crippen molar-refractivity contribution in [2.24, 2.45) is 22.9 Å². The van der Waals surface area contributed by atoms with Crippen molar-refractivity contribution in [1.82, 2.24) is 10.6 Å². The van der Waals surface area contributed by atoms with E-state index in [-0.39, 0.29) is 44.0 Å². The minimum absolute atomic E-state index is 0.00770. The minimum atomic E-state index is -1.01. The standard InChI is InChI=1S/C17H32N8O6/c18-10(4-2-8-24-16(20)21)14(28)30-12(26)6-1-7-13(27)31-15(29)11(19)5-3-9-25-17(22)23/h10-11H,1-9,18-19H2,(H4,20,21,24)(H4,22,23,25)/t10-,11-/m0/s1. The van der Waals surface area contributed by atoms with Gasteiger partial charge in [0.2, 0.25) is 0 Å². The molecular formula is C17H32N8O6. The molecule has 12 N–H and O–H groups in total. The highest BCUT2D eigenvalue weighted by Crippen LogP contribution is 2.04. The summed E-state index contributed by atoms with van der Waals surface area (Å²) in [6.07, 6.45) is 0.872. The Hall–Kier alpha value is -3.26. The number of carbonyl (C=O) groups is 4. The van der Waals surface area contributed by atoms with Gasteiger partial charge in [-0.05, 0) is 32.1 Å². The van der Waals surface area contributed by atoms with E-state index >= 15 is 0 Å². The van der Waals surface area contributed by atoms with E-state index in [2.05, 4.69) is 20.1 Å². The molecule has 0 amide bonds. The van der Waals surface area contributed by atoms with E-state index in [1.54, 1.807) is 0 Å². The fourth-order valence-electron chi connectivity index (χ4n) is 2.18. The molecule has 2 atom stereocenters. The van der Waals surface area contributed by atoms with Crippen LogP contribution in [0.25, 0.3) is 0 Å². The Morgan fingerprint density at radius 2 is 1.06 bits per heavy atom. The highest BCUT2D eigenvalue weighted by Gasteiger charge is 2.20. The van der Waals surface area contributed by atoms with E-state index in [1.165, 1.54) is 0 Å². The number of carbonyl (C=O) groups excluding carboxylic acids is 4. The monoisotopic (exact) mass is 444 g/mol. The summed E-state index contributed by atoms with van der Waals surface area (Å²) in [5.74, 6) is -3.88. The maximum Gasteiger partial charge on any atom is 0.330 e. The molecule has 0 saturated heterocycles. The van der Waals surface area contributed by atoms with Gasteiger partial charge in [0.05, 0.1) is 0 Å². The third kappa shape index (κ3) is 15.3. The number of esters is 4. The zero-order chi connectivity index (χ0) is 23.8. The molecule has 0 heterocycles. The van der Waals surface area contributed by atoms with Gasteiger partial charge < -0.3 is 43.0 Å². The average molecular weight is 444 g/mol. The normalized spacial score (nSPS) is 12.2. The molecule has 0 unspecified atom stereocenters. The summed E-state index contributed by atoms with van der Waals surface area (Å²) < 4.78 is 9.21. The van der Waals surface area contributed by atoms with E-state index in [0.717, 1.165) is 0 Å². The number of hydrogen-bond donors (Lipinski definition) is 8. The Morgan fingerprint density at radius 3 is 1.39 bits per heavy atom. The summed E-state index contributed by atoms with van der Waals surface area (Å²) >= 11 is 0. The van der Waals surface area contributed by atoms with Gasteiger partial charge in [0.25, 0.3) is 0 Å². The Bertz CT molecular complexity index is 603. The highest BCUT2D eigenvalue weighted by atomic mass is 16.6. The summed E-state index contributed by atoms with van der Waals surface area (Å²) in [4.78, 5) is 46.7. The van der Waals surface area contributed by atoms with E-state index in [4.69, 9.17) is 33.8 Å². The first kappa shape index (κ1) is 27.7. The van der Waals surface area contributed by atoms with Crippen molar-refractivity contribution in [3.63, 3.8) is 0 Å². The Morgan fingerprint density at radius 1 is 0.710 bits per heavy atom. The first-order valence-corrected chi connectivity index (χ1v) is 9.69. The smallest absolute Gasteiger partial charge is 0.330 e. The van der Waals surface area contributed by atoms with Crippen LogP contribution in [0, 0.1) is 10.8 Å². The van der Waals surface area contributed by atoms with Gasteiger partial charge in [-0.15, -0.1) is 0 Å². The van der Waals surface area contributed by atoms with Gasteiger partial charge in [-0.3, -0.25) is 20.4 Å². The van der Waals surface area contributed by atoms with Crippen LogP contribution >= 0.6 is 0 Å². The molecule has 0 fully saturated rings. The Balaban J connectivity index is 3.99. The van der Waals surface area contributed by atoms with Gasteiger partial charge >= 0.3 is 23.9 Å². The average Bonchev–Trinajstić information content (AvgIpc) is 2.67. The van der Waals surface area contributed by atoms with Crippen LogP contribution in [0.2, 0.25) is 0 Å². The second kappa shape index (κ2) is 15.6. The van der Waals surface area contributed by atoms with Crippen molar-refractivity contribution >= 4 is 35.8 Å². The maximum atomic E-state index is 11.7. The largest absolute Gasteiger partial charge is 0.392 e. The van der Waals surface area contributed by atoms with Crippen LogP contribution in [-0.4, -0.2) is 61.0 Å². The lowest BCUT2D eigenvalue weighted by Crippen LogP contribution is -2.36. The molecule has 0 aromatic heterocycles. The summed E-state index contributed by atoms with van der Waals surface area (Å²) in [7, 11) is 0. The second-order valence-corrected chi connectivity index (χ2v) is 6.62. The van der Waals surface area contributed by atoms with Gasteiger partial charge in [-0.2, -0.15) is 0 Å². The lowest BCUT2D eigenvalue weighted by molar-refractivity contribution is -0.160. The fourth-order valence-corrected chi connectivity index (χ4v) is 2.18. The molecule has 0 aliphatic carbocycles. The van der Waals surface area contributed by atoms with Gasteiger partial charge in [-0.1, -0.05) is 0 Å². The van der Waals surface area contributed by atoms with E-state index in [1.807, 2.05) is 0 Å². The van der Waals surface area contributed by atoms with Crippen molar-refractivity contribution in [3.8, 4) is 0 Å². The van der Waals surface area contributed by atoms with Crippen LogP contribution in [-0.2, 0) is 28.7 Å². The van der Waals surface area contributed by atoms with Crippen LogP contribution in [0.4, 0.5) is 0 Å². The molecule has 0 aliphatic rings.